The highest BCUT2D eigenvalue weighted by Gasteiger charge is 2.42. The van der Waals surface area contributed by atoms with Crippen LogP contribution in [0.15, 0.2) is 109 Å². The van der Waals surface area contributed by atoms with E-state index in [1.165, 1.54) is 16.7 Å². The molecule has 2 aliphatic rings. The van der Waals surface area contributed by atoms with E-state index in [0.29, 0.717) is 19.6 Å². The second-order valence-electron chi connectivity index (χ2n) is 10.2. The number of piperazine rings is 2. The third-order valence-corrected chi connectivity index (χ3v) is 7.61. The van der Waals surface area contributed by atoms with Crippen molar-refractivity contribution in [1.82, 2.24) is 14.7 Å². The van der Waals surface area contributed by atoms with Gasteiger partial charge in [0.15, 0.2) is 0 Å². The first-order chi connectivity index (χ1) is 18.6. The molecule has 0 aromatic heterocycles. The first kappa shape index (κ1) is 24.1. The van der Waals surface area contributed by atoms with Gasteiger partial charge in [0.05, 0.1) is 0 Å². The van der Waals surface area contributed by atoms with Crippen molar-refractivity contribution >= 4 is 11.8 Å². The molecule has 4 aromatic rings. The molecule has 0 radical (unpaired) electrons. The third-order valence-electron chi connectivity index (χ3n) is 7.61. The fourth-order valence-electron chi connectivity index (χ4n) is 5.51. The number of amides is 2. The minimum Gasteiger partial charge on any atom is -0.327 e. The van der Waals surface area contributed by atoms with Crippen molar-refractivity contribution in [2.45, 2.75) is 19.1 Å². The summed E-state index contributed by atoms with van der Waals surface area (Å²) in [6.45, 7) is 3.30. The highest BCUT2D eigenvalue weighted by Crippen LogP contribution is 2.24. The lowest BCUT2D eigenvalue weighted by Crippen LogP contribution is -2.66. The van der Waals surface area contributed by atoms with Gasteiger partial charge in [-0.1, -0.05) is 109 Å². The van der Waals surface area contributed by atoms with Crippen molar-refractivity contribution in [2.24, 2.45) is 0 Å². The van der Waals surface area contributed by atoms with Crippen molar-refractivity contribution in [1.29, 1.82) is 0 Å². The summed E-state index contributed by atoms with van der Waals surface area (Å²) in [5.41, 5.74) is 6.94. The smallest absolute Gasteiger partial charge is 0.247 e. The minimum atomic E-state index is -0.419. The molecule has 0 N–H and O–H groups in total. The lowest BCUT2D eigenvalue weighted by Gasteiger charge is -2.46. The quantitative estimate of drug-likeness (QED) is 0.370. The van der Waals surface area contributed by atoms with Crippen LogP contribution in [0.3, 0.4) is 0 Å². The molecule has 5 nitrogen and oxygen atoms in total. The Balaban J connectivity index is 1.10. The van der Waals surface area contributed by atoms with Crippen LogP contribution in [0.1, 0.15) is 11.1 Å². The zero-order chi connectivity index (χ0) is 25.9. The summed E-state index contributed by atoms with van der Waals surface area (Å²) in [5.74, 6) is 0.0863. The van der Waals surface area contributed by atoms with Crippen LogP contribution in [0.4, 0.5) is 0 Å². The third kappa shape index (κ3) is 5.11. The SMILES string of the molecule is O=C1C2CN(Cc3ccc(-c4ccccc4)cc3)CCN2C(=O)CN1Cc1ccc(-c2ccccc2)cc1. The van der Waals surface area contributed by atoms with E-state index in [2.05, 4.69) is 77.7 Å². The molecule has 38 heavy (non-hydrogen) atoms. The summed E-state index contributed by atoms with van der Waals surface area (Å²) in [4.78, 5) is 32.3. The van der Waals surface area contributed by atoms with Gasteiger partial charge in [0.1, 0.15) is 12.6 Å². The van der Waals surface area contributed by atoms with Crippen molar-refractivity contribution in [3.05, 3.63) is 120 Å². The summed E-state index contributed by atoms with van der Waals surface area (Å²) in [6.07, 6.45) is 0. The largest absolute Gasteiger partial charge is 0.327 e. The average Bonchev–Trinajstić information content (AvgIpc) is 2.97. The van der Waals surface area contributed by atoms with Crippen LogP contribution in [0.25, 0.3) is 22.3 Å². The fraction of sp³-hybridized carbons (Fsp3) is 0.212. The Hall–Kier alpha value is -4.22. The van der Waals surface area contributed by atoms with E-state index in [9.17, 15) is 9.59 Å². The fourth-order valence-corrected chi connectivity index (χ4v) is 5.51. The van der Waals surface area contributed by atoms with Gasteiger partial charge < -0.3 is 9.80 Å². The number of carbonyl (C=O) groups is 2. The molecular weight excluding hydrogens is 470 g/mol. The van der Waals surface area contributed by atoms with Gasteiger partial charge in [-0.15, -0.1) is 0 Å². The molecule has 1 atom stereocenters. The predicted octanol–water partition coefficient (Wildman–Crippen LogP) is 5.08. The van der Waals surface area contributed by atoms with Crippen LogP contribution < -0.4 is 0 Å². The number of benzene rings is 4. The summed E-state index contributed by atoms with van der Waals surface area (Å²) in [5, 5.41) is 0. The Kier molecular flexibility index (Phi) is 6.76. The molecule has 2 fully saturated rings. The van der Waals surface area contributed by atoms with Crippen molar-refractivity contribution in [3.8, 4) is 22.3 Å². The van der Waals surface area contributed by atoms with Crippen LogP contribution in [-0.4, -0.2) is 58.7 Å². The number of carbonyl (C=O) groups excluding carboxylic acids is 2. The highest BCUT2D eigenvalue weighted by atomic mass is 16.2. The summed E-state index contributed by atoms with van der Waals surface area (Å²) in [6, 6.07) is 37.1. The number of hydrogen-bond acceptors (Lipinski definition) is 3. The van der Waals surface area contributed by atoms with Crippen molar-refractivity contribution in [3.63, 3.8) is 0 Å². The predicted molar refractivity (Wildman–Crippen MR) is 150 cm³/mol. The second-order valence-corrected chi connectivity index (χ2v) is 10.2. The number of rotatable bonds is 6. The molecule has 0 saturated carbocycles. The number of nitrogens with zero attached hydrogens (tertiary/aromatic N) is 3. The molecule has 6 rings (SSSR count). The van der Waals surface area contributed by atoms with E-state index in [4.69, 9.17) is 0 Å². The van der Waals surface area contributed by atoms with Gasteiger partial charge in [-0.3, -0.25) is 14.5 Å². The Morgan fingerprint density at radius 1 is 0.579 bits per heavy atom. The molecular formula is C33H31N3O2. The molecule has 2 saturated heterocycles. The van der Waals surface area contributed by atoms with Crippen LogP contribution in [0.2, 0.25) is 0 Å². The van der Waals surface area contributed by atoms with E-state index < -0.39 is 6.04 Å². The zero-order valence-electron chi connectivity index (χ0n) is 21.4. The maximum Gasteiger partial charge on any atom is 0.247 e. The first-order valence-corrected chi connectivity index (χ1v) is 13.2. The molecule has 5 heteroatoms. The molecule has 2 heterocycles. The monoisotopic (exact) mass is 501 g/mol. The Morgan fingerprint density at radius 2 is 1.08 bits per heavy atom. The standard InChI is InChI=1S/C33H31N3O2/c37-32-24-35(22-26-13-17-30(18-14-26)28-9-5-2-6-10-28)33(38)31-23-34(19-20-36(31)32)21-25-11-15-29(16-12-25)27-7-3-1-4-8-27/h1-18,31H,19-24H2. The van der Waals surface area contributed by atoms with Crippen LogP contribution in [0.5, 0.6) is 0 Å². The molecule has 2 aliphatic heterocycles. The summed E-state index contributed by atoms with van der Waals surface area (Å²) < 4.78 is 0. The molecule has 4 aromatic carbocycles. The van der Waals surface area contributed by atoms with Crippen LogP contribution >= 0.6 is 0 Å². The second kappa shape index (κ2) is 10.6. The van der Waals surface area contributed by atoms with Crippen LogP contribution in [0, 0.1) is 0 Å². The van der Waals surface area contributed by atoms with Gasteiger partial charge >= 0.3 is 0 Å². The van der Waals surface area contributed by atoms with Gasteiger partial charge in [-0.2, -0.15) is 0 Å². The summed E-state index contributed by atoms with van der Waals surface area (Å²) >= 11 is 0. The van der Waals surface area contributed by atoms with Gasteiger partial charge in [0.25, 0.3) is 0 Å². The van der Waals surface area contributed by atoms with Crippen LogP contribution in [-0.2, 0) is 22.7 Å². The van der Waals surface area contributed by atoms with Gasteiger partial charge in [-0.05, 0) is 33.4 Å². The van der Waals surface area contributed by atoms with Crippen molar-refractivity contribution < 1.29 is 9.59 Å². The minimum absolute atomic E-state index is 0.0425. The maximum atomic E-state index is 13.5. The molecule has 2 amide bonds. The average molecular weight is 502 g/mol. The van der Waals surface area contributed by atoms with E-state index in [1.54, 1.807) is 9.80 Å². The zero-order valence-corrected chi connectivity index (χ0v) is 21.4. The van der Waals surface area contributed by atoms with E-state index in [-0.39, 0.29) is 18.4 Å². The maximum absolute atomic E-state index is 13.5. The molecule has 0 aliphatic carbocycles. The summed E-state index contributed by atoms with van der Waals surface area (Å²) in [7, 11) is 0. The van der Waals surface area contributed by atoms with E-state index in [0.717, 1.165) is 29.8 Å². The van der Waals surface area contributed by atoms with Gasteiger partial charge in [0, 0.05) is 32.7 Å². The highest BCUT2D eigenvalue weighted by molar-refractivity contribution is 5.95. The molecule has 0 bridgehead atoms. The molecule has 0 spiro atoms. The Labute approximate surface area is 223 Å². The lowest BCUT2D eigenvalue weighted by atomic mass is 10.0. The topological polar surface area (TPSA) is 43.9 Å². The van der Waals surface area contributed by atoms with E-state index >= 15 is 0 Å². The van der Waals surface area contributed by atoms with Gasteiger partial charge in [-0.25, -0.2) is 0 Å². The van der Waals surface area contributed by atoms with E-state index in [1.807, 2.05) is 36.4 Å². The number of fused-ring (bicyclic) bond motifs is 1. The van der Waals surface area contributed by atoms with Gasteiger partial charge in [0.2, 0.25) is 11.8 Å². The lowest BCUT2D eigenvalue weighted by molar-refractivity contribution is -0.160. The molecule has 1 unspecified atom stereocenters. The normalized spacial score (nSPS) is 17.9. The van der Waals surface area contributed by atoms with Crippen molar-refractivity contribution in [2.75, 3.05) is 26.2 Å². The Morgan fingerprint density at radius 3 is 1.63 bits per heavy atom. The molecule has 190 valence electrons. The first-order valence-electron chi connectivity index (χ1n) is 13.2. The Bertz CT molecular complexity index is 1400. The number of hydrogen-bond donors (Lipinski definition) is 0.